The Labute approximate surface area is 134 Å². The maximum Gasteiger partial charge on any atom is -0.00488 e. The summed E-state index contributed by atoms with van der Waals surface area (Å²) in [4.78, 5) is 0. The van der Waals surface area contributed by atoms with Crippen LogP contribution in [0.15, 0.2) is 0 Å². The molecule has 0 bridgehead atoms. The average Bonchev–Trinajstić information content (AvgIpc) is 2.52. The van der Waals surface area contributed by atoms with Crippen LogP contribution in [0.1, 0.15) is 91.4 Å². The van der Waals surface area contributed by atoms with Crippen molar-refractivity contribution in [3.8, 4) is 0 Å². The summed E-state index contributed by atoms with van der Waals surface area (Å²) in [5.74, 6) is 2.31. The lowest BCUT2D eigenvalue weighted by molar-refractivity contribution is 0.268. The summed E-state index contributed by atoms with van der Waals surface area (Å²) in [6.45, 7) is 8.58. The Balaban J connectivity index is 4.38. The smallest absolute Gasteiger partial charge is 0.00488 e. The molecule has 0 saturated heterocycles. The van der Waals surface area contributed by atoms with Crippen LogP contribution in [0.5, 0.6) is 0 Å². The second kappa shape index (κ2) is 14.8. The van der Waals surface area contributed by atoms with E-state index in [0.717, 1.165) is 30.8 Å². The highest BCUT2D eigenvalue weighted by molar-refractivity contribution is 4.72. The van der Waals surface area contributed by atoms with E-state index in [9.17, 15) is 0 Å². The molecule has 0 fully saturated rings. The van der Waals surface area contributed by atoms with Gasteiger partial charge in [-0.1, -0.05) is 65.7 Å². The Kier molecular flexibility index (Phi) is 14.8. The number of hydrogen-bond donors (Lipinski definition) is 2. The minimum Gasteiger partial charge on any atom is -0.330 e. The predicted molar refractivity (Wildman–Crippen MR) is 96.4 cm³/mol. The van der Waals surface area contributed by atoms with Gasteiger partial charge in [-0.15, -0.1) is 0 Å². The number of hydrogen-bond acceptors (Lipinski definition) is 2. The van der Waals surface area contributed by atoms with Crippen LogP contribution in [0.2, 0.25) is 0 Å². The van der Waals surface area contributed by atoms with Crippen LogP contribution in [0, 0.1) is 17.8 Å². The zero-order valence-electron chi connectivity index (χ0n) is 15.1. The van der Waals surface area contributed by atoms with Crippen LogP contribution in [-0.4, -0.2) is 13.1 Å². The Morgan fingerprint density at radius 1 is 0.571 bits per heavy atom. The molecule has 2 unspecified atom stereocenters. The lowest BCUT2D eigenvalue weighted by atomic mass is 9.81. The van der Waals surface area contributed by atoms with Crippen molar-refractivity contribution in [2.45, 2.75) is 91.4 Å². The van der Waals surface area contributed by atoms with Crippen molar-refractivity contribution in [1.82, 2.24) is 0 Å². The Morgan fingerprint density at radius 2 is 0.905 bits per heavy atom. The van der Waals surface area contributed by atoms with Gasteiger partial charge in [-0.05, 0) is 56.5 Å². The van der Waals surface area contributed by atoms with Crippen LogP contribution >= 0.6 is 0 Å². The highest BCUT2D eigenvalue weighted by Crippen LogP contribution is 2.29. The van der Waals surface area contributed by atoms with E-state index in [0.29, 0.717) is 0 Å². The molecule has 0 heterocycles. The topological polar surface area (TPSA) is 52.0 Å². The molecule has 0 spiro atoms. The standard InChI is InChI=1S/C19H42N2/c1-4-7-10-17(13-18(15-20)11-8-5-2)14-19(16-21)12-9-6-3/h17-19H,4-16,20-21H2,1-3H3. The largest absolute Gasteiger partial charge is 0.330 e. The molecule has 0 rings (SSSR count). The zero-order valence-corrected chi connectivity index (χ0v) is 15.1. The highest BCUT2D eigenvalue weighted by atomic mass is 14.6. The fourth-order valence-corrected chi connectivity index (χ4v) is 3.42. The molecule has 0 aliphatic carbocycles. The maximum absolute atomic E-state index is 6.01. The van der Waals surface area contributed by atoms with Gasteiger partial charge in [0.05, 0.1) is 0 Å². The molecular weight excluding hydrogens is 256 g/mol. The van der Waals surface area contributed by atoms with Gasteiger partial charge in [0.25, 0.3) is 0 Å². The van der Waals surface area contributed by atoms with Crippen molar-refractivity contribution in [1.29, 1.82) is 0 Å². The third-order valence-corrected chi connectivity index (χ3v) is 4.90. The van der Waals surface area contributed by atoms with Gasteiger partial charge in [-0.2, -0.15) is 0 Å². The quantitative estimate of drug-likeness (QED) is 0.442. The van der Waals surface area contributed by atoms with Gasteiger partial charge in [-0.3, -0.25) is 0 Å². The van der Waals surface area contributed by atoms with Gasteiger partial charge in [-0.25, -0.2) is 0 Å². The number of unbranched alkanes of at least 4 members (excludes halogenated alkanes) is 3. The van der Waals surface area contributed by atoms with Crippen molar-refractivity contribution >= 4 is 0 Å². The molecule has 2 heteroatoms. The molecule has 0 saturated carbocycles. The summed E-state index contributed by atoms with van der Waals surface area (Å²) in [7, 11) is 0. The van der Waals surface area contributed by atoms with E-state index in [1.54, 1.807) is 0 Å². The van der Waals surface area contributed by atoms with Crippen molar-refractivity contribution in [2.24, 2.45) is 29.2 Å². The normalized spacial score (nSPS) is 15.9. The molecule has 2 nitrogen and oxygen atoms in total. The molecule has 0 amide bonds. The zero-order chi connectivity index (χ0) is 15.9. The molecule has 0 aliphatic heterocycles. The first-order chi connectivity index (χ1) is 10.2. The highest BCUT2D eigenvalue weighted by Gasteiger charge is 2.19. The molecule has 0 aromatic heterocycles. The monoisotopic (exact) mass is 298 g/mol. The summed E-state index contributed by atoms with van der Waals surface area (Å²) in [6, 6.07) is 0. The number of rotatable bonds is 15. The van der Waals surface area contributed by atoms with Crippen LogP contribution in [0.4, 0.5) is 0 Å². The van der Waals surface area contributed by atoms with E-state index in [-0.39, 0.29) is 0 Å². The second-order valence-electron chi connectivity index (χ2n) is 6.97. The minimum atomic E-state index is 0.733. The van der Waals surface area contributed by atoms with Gasteiger partial charge in [0.2, 0.25) is 0 Å². The van der Waals surface area contributed by atoms with Gasteiger partial charge in [0.15, 0.2) is 0 Å². The van der Waals surface area contributed by atoms with E-state index in [1.165, 1.54) is 70.6 Å². The van der Waals surface area contributed by atoms with E-state index in [2.05, 4.69) is 20.8 Å². The van der Waals surface area contributed by atoms with Gasteiger partial charge in [0.1, 0.15) is 0 Å². The van der Waals surface area contributed by atoms with Crippen molar-refractivity contribution in [3.05, 3.63) is 0 Å². The van der Waals surface area contributed by atoms with E-state index < -0.39 is 0 Å². The van der Waals surface area contributed by atoms with Gasteiger partial charge < -0.3 is 11.5 Å². The Morgan fingerprint density at radius 3 is 1.19 bits per heavy atom. The summed E-state index contributed by atoms with van der Waals surface area (Å²) in [5.41, 5.74) is 12.0. The second-order valence-corrected chi connectivity index (χ2v) is 6.97. The summed E-state index contributed by atoms with van der Waals surface area (Å²) >= 11 is 0. The van der Waals surface area contributed by atoms with E-state index >= 15 is 0 Å². The third-order valence-electron chi connectivity index (χ3n) is 4.90. The lowest BCUT2D eigenvalue weighted by Crippen LogP contribution is -2.23. The molecule has 21 heavy (non-hydrogen) atoms. The predicted octanol–water partition coefficient (Wildman–Crippen LogP) is 5.10. The average molecular weight is 299 g/mol. The first kappa shape index (κ1) is 20.9. The van der Waals surface area contributed by atoms with E-state index in [4.69, 9.17) is 11.5 Å². The van der Waals surface area contributed by atoms with Crippen LogP contribution in [0.25, 0.3) is 0 Å². The van der Waals surface area contributed by atoms with Gasteiger partial charge >= 0.3 is 0 Å². The van der Waals surface area contributed by atoms with Crippen LogP contribution in [-0.2, 0) is 0 Å². The Bertz CT molecular complexity index is 188. The van der Waals surface area contributed by atoms with E-state index in [1.807, 2.05) is 0 Å². The Hall–Kier alpha value is -0.0800. The summed E-state index contributed by atoms with van der Waals surface area (Å²) in [5, 5.41) is 0. The minimum absolute atomic E-state index is 0.733. The molecule has 4 N–H and O–H groups in total. The first-order valence-corrected chi connectivity index (χ1v) is 9.61. The molecule has 0 aliphatic rings. The van der Waals surface area contributed by atoms with Gasteiger partial charge in [0, 0.05) is 0 Å². The van der Waals surface area contributed by atoms with Crippen molar-refractivity contribution < 1.29 is 0 Å². The third kappa shape index (κ3) is 11.2. The van der Waals surface area contributed by atoms with Crippen LogP contribution in [0.3, 0.4) is 0 Å². The summed E-state index contributed by atoms with van der Waals surface area (Å²) < 4.78 is 0. The number of nitrogens with two attached hydrogens (primary N) is 2. The maximum atomic E-state index is 6.01. The fourth-order valence-electron chi connectivity index (χ4n) is 3.42. The SMILES string of the molecule is CCCCC(CN)CC(CCCC)CC(CN)CCCC. The fraction of sp³-hybridized carbons (Fsp3) is 1.00. The molecule has 128 valence electrons. The summed E-state index contributed by atoms with van der Waals surface area (Å²) in [6.07, 6.45) is 14.6. The lowest BCUT2D eigenvalue weighted by Gasteiger charge is -2.26. The molecule has 0 aromatic rings. The van der Waals surface area contributed by atoms with Crippen molar-refractivity contribution in [2.75, 3.05) is 13.1 Å². The molecular formula is C19H42N2. The molecule has 0 radical (unpaired) electrons. The van der Waals surface area contributed by atoms with Crippen LogP contribution < -0.4 is 11.5 Å². The molecule has 0 aromatic carbocycles. The first-order valence-electron chi connectivity index (χ1n) is 9.61. The van der Waals surface area contributed by atoms with Crippen molar-refractivity contribution in [3.63, 3.8) is 0 Å². The molecule has 2 atom stereocenters.